The van der Waals surface area contributed by atoms with Crippen molar-refractivity contribution in [3.63, 3.8) is 0 Å². The maximum Gasteiger partial charge on any atom is 0.405 e. The smallest absolute Gasteiger partial charge is 0.405 e. The van der Waals surface area contributed by atoms with Gasteiger partial charge < -0.3 is 15.3 Å². The zero-order valence-electron chi connectivity index (χ0n) is 10.8. The highest BCUT2D eigenvalue weighted by atomic mass is 16.6. The molecule has 18 heavy (non-hydrogen) atoms. The lowest BCUT2D eigenvalue weighted by atomic mass is 9.89. The van der Waals surface area contributed by atoms with Crippen LogP contribution in [0.2, 0.25) is 0 Å². The maximum absolute atomic E-state index is 11.1. The van der Waals surface area contributed by atoms with Crippen LogP contribution in [0.15, 0.2) is 30.3 Å². The molecule has 0 aliphatic carbocycles. The average molecular weight is 249 g/mol. The number of hydrogen-bond acceptors (Lipinski definition) is 3. The number of aldehydes is 1. The van der Waals surface area contributed by atoms with Gasteiger partial charge in [-0.15, -0.1) is 0 Å². The molecule has 0 aliphatic heterocycles. The number of primary amides is 1. The molecule has 1 atom stereocenters. The van der Waals surface area contributed by atoms with Crippen molar-refractivity contribution in [3.8, 4) is 0 Å². The zero-order chi connectivity index (χ0) is 13.6. The predicted molar refractivity (Wildman–Crippen MR) is 69.1 cm³/mol. The summed E-state index contributed by atoms with van der Waals surface area (Å²) >= 11 is 0. The van der Waals surface area contributed by atoms with Crippen molar-refractivity contribution in [2.24, 2.45) is 11.7 Å². The van der Waals surface area contributed by atoms with E-state index in [0.717, 1.165) is 11.8 Å². The second kappa shape index (κ2) is 6.19. The Morgan fingerprint density at radius 2 is 2.00 bits per heavy atom. The van der Waals surface area contributed by atoms with E-state index >= 15 is 0 Å². The van der Waals surface area contributed by atoms with Gasteiger partial charge in [0.05, 0.1) is 0 Å². The zero-order valence-corrected chi connectivity index (χ0v) is 10.8. The molecule has 4 nitrogen and oxygen atoms in total. The van der Waals surface area contributed by atoms with Crippen LogP contribution in [0, 0.1) is 5.92 Å². The van der Waals surface area contributed by atoms with Crippen LogP contribution in [0.4, 0.5) is 4.79 Å². The molecule has 2 N–H and O–H groups in total. The van der Waals surface area contributed by atoms with E-state index in [4.69, 9.17) is 10.5 Å². The van der Waals surface area contributed by atoms with Gasteiger partial charge >= 0.3 is 6.09 Å². The van der Waals surface area contributed by atoms with Gasteiger partial charge in [0.25, 0.3) is 0 Å². The summed E-state index contributed by atoms with van der Waals surface area (Å²) < 4.78 is 4.99. The maximum atomic E-state index is 11.1. The molecule has 0 heterocycles. The van der Waals surface area contributed by atoms with Gasteiger partial charge in [-0.1, -0.05) is 30.3 Å². The molecule has 4 heteroatoms. The standard InChI is InChI=1S/C14H19NO3/c1-14(2,18-13(15)17)9-12(10-16)8-11-6-4-3-5-7-11/h3-7,10,12H,8-9H2,1-2H3,(H2,15,17). The first-order chi connectivity index (χ1) is 8.43. The minimum atomic E-state index is -0.815. The van der Waals surface area contributed by atoms with Crippen molar-refractivity contribution >= 4 is 12.4 Å². The largest absolute Gasteiger partial charge is 0.444 e. The molecule has 98 valence electrons. The molecule has 1 amide bonds. The number of rotatable bonds is 6. The Labute approximate surface area is 107 Å². The van der Waals surface area contributed by atoms with Crippen molar-refractivity contribution in [1.82, 2.24) is 0 Å². The fraction of sp³-hybridized carbons (Fsp3) is 0.429. The lowest BCUT2D eigenvalue weighted by Crippen LogP contribution is -2.34. The summed E-state index contributed by atoms with van der Waals surface area (Å²) in [5, 5.41) is 0. The molecule has 1 aromatic carbocycles. The Morgan fingerprint density at radius 1 is 1.39 bits per heavy atom. The minimum Gasteiger partial charge on any atom is -0.444 e. The molecule has 0 spiro atoms. The molecule has 1 rings (SSSR count). The second-order valence-electron chi connectivity index (χ2n) is 4.97. The Bertz CT molecular complexity index is 401. The van der Waals surface area contributed by atoms with Crippen LogP contribution >= 0.6 is 0 Å². The fourth-order valence-electron chi connectivity index (χ4n) is 2.03. The quantitative estimate of drug-likeness (QED) is 0.786. The Hall–Kier alpha value is -1.84. The minimum absolute atomic E-state index is 0.193. The van der Waals surface area contributed by atoms with Crippen LogP contribution in [0.3, 0.4) is 0 Å². The summed E-state index contributed by atoms with van der Waals surface area (Å²) in [7, 11) is 0. The molecule has 0 fully saturated rings. The van der Waals surface area contributed by atoms with E-state index in [1.54, 1.807) is 13.8 Å². The number of ether oxygens (including phenoxy) is 1. The highest BCUT2D eigenvalue weighted by Gasteiger charge is 2.26. The highest BCUT2D eigenvalue weighted by Crippen LogP contribution is 2.22. The van der Waals surface area contributed by atoms with E-state index in [-0.39, 0.29) is 5.92 Å². The van der Waals surface area contributed by atoms with Crippen molar-refractivity contribution in [3.05, 3.63) is 35.9 Å². The molecule has 1 unspecified atom stereocenters. The highest BCUT2D eigenvalue weighted by molar-refractivity contribution is 5.65. The van der Waals surface area contributed by atoms with Crippen LogP contribution in [-0.4, -0.2) is 18.0 Å². The predicted octanol–water partition coefficient (Wildman–Crippen LogP) is 2.31. The van der Waals surface area contributed by atoms with E-state index in [1.807, 2.05) is 30.3 Å². The summed E-state index contributed by atoms with van der Waals surface area (Å²) in [6, 6.07) is 9.74. The Kier molecular flexibility index (Phi) is 4.89. The van der Waals surface area contributed by atoms with E-state index < -0.39 is 11.7 Å². The molecule has 0 radical (unpaired) electrons. The van der Waals surface area contributed by atoms with Gasteiger partial charge in [-0.05, 0) is 32.3 Å². The molecule has 0 bridgehead atoms. The summed E-state index contributed by atoms with van der Waals surface area (Å²) in [6.07, 6.45) is 1.17. The summed E-state index contributed by atoms with van der Waals surface area (Å²) in [4.78, 5) is 21.9. The van der Waals surface area contributed by atoms with Crippen LogP contribution in [0.5, 0.6) is 0 Å². The van der Waals surface area contributed by atoms with Crippen LogP contribution in [-0.2, 0) is 16.0 Å². The molecule has 0 aromatic heterocycles. The summed E-state index contributed by atoms with van der Waals surface area (Å²) in [5.41, 5.74) is 5.36. The SMILES string of the molecule is CC(C)(CC(C=O)Cc1ccccc1)OC(N)=O. The van der Waals surface area contributed by atoms with Gasteiger partial charge in [0.15, 0.2) is 0 Å². The Morgan fingerprint density at radius 3 is 2.50 bits per heavy atom. The number of carbonyl (C=O) groups excluding carboxylic acids is 2. The van der Waals surface area contributed by atoms with Gasteiger partial charge in [-0.2, -0.15) is 0 Å². The van der Waals surface area contributed by atoms with Gasteiger partial charge in [0.1, 0.15) is 11.9 Å². The van der Waals surface area contributed by atoms with Gasteiger partial charge in [-0.25, -0.2) is 4.79 Å². The number of amides is 1. The fourth-order valence-corrected chi connectivity index (χ4v) is 2.03. The molecule has 0 aliphatic rings. The van der Waals surface area contributed by atoms with E-state index in [1.165, 1.54) is 0 Å². The number of hydrogen-bond donors (Lipinski definition) is 1. The van der Waals surface area contributed by atoms with Gasteiger partial charge in [0, 0.05) is 5.92 Å². The lowest BCUT2D eigenvalue weighted by molar-refractivity contribution is -0.112. The topological polar surface area (TPSA) is 69.4 Å². The second-order valence-corrected chi connectivity index (χ2v) is 4.97. The third-order valence-electron chi connectivity index (χ3n) is 2.66. The van der Waals surface area contributed by atoms with Crippen molar-refractivity contribution in [1.29, 1.82) is 0 Å². The normalized spacial score (nSPS) is 12.8. The van der Waals surface area contributed by atoms with Crippen LogP contribution in [0.25, 0.3) is 0 Å². The van der Waals surface area contributed by atoms with E-state index in [2.05, 4.69) is 0 Å². The van der Waals surface area contributed by atoms with Gasteiger partial charge in [0.2, 0.25) is 0 Å². The third-order valence-corrected chi connectivity index (χ3v) is 2.66. The summed E-state index contributed by atoms with van der Waals surface area (Å²) in [6.45, 7) is 3.50. The lowest BCUT2D eigenvalue weighted by Gasteiger charge is -2.26. The molecule has 1 aromatic rings. The molecule has 0 saturated heterocycles. The number of nitrogens with two attached hydrogens (primary N) is 1. The van der Waals surface area contributed by atoms with Gasteiger partial charge in [-0.3, -0.25) is 0 Å². The molecule has 0 saturated carbocycles. The first-order valence-corrected chi connectivity index (χ1v) is 5.90. The van der Waals surface area contributed by atoms with E-state index in [9.17, 15) is 9.59 Å². The van der Waals surface area contributed by atoms with Crippen LogP contribution < -0.4 is 5.73 Å². The van der Waals surface area contributed by atoms with E-state index in [0.29, 0.717) is 12.8 Å². The average Bonchev–Trinajstić information content (AvgIpc) is 2.27. The first-order valence-electron chi connectivity index (χ1n) is 5.90. The Balaban J connectivity index is 2.62. The van der Waals surface area contributed by atoms with Crippen molar-refractivity contribution in [2.45, 2.75) is 32.3 Å². The first kappa shape index (κ1) is 14.2. The van der Waals surface area contributed by atoms with Crippen molar-refractivity contribution in [2.75, 3.05) is 0 Å². The molecular formula is C14H19NO3. The summed E-state index contributed by atoms with van der Waals surface area (Å²) in [5.74, 6) is -0.193. The van der Waals surface area contributed by atoms with Crippen LogP contribution in [0.1, 0.15) is 25.8 Å². The number of benzene rings is 1. The third kappa shape index (κ3) is 4.99. The van der Waals surface area contributed by atoms with Crippen molar-refractivity contribution < 1.29 is 14.3 Å². The number of carbonyl (C=O) groups is 2. The monoisotopic (exact) mass is 249 g/mol. The molecular weight excluding hydrogens is 230 g/mol.